The van der Waals surface area contributed by atoms with Gasteiger partial charge in [0.15, 0.2) is 0 Å². The molecule has 4 heteroatoms. The van der Waals surface area contributed by atoms with E-state index in [1.54, 1.807) is 0 Å². The molecule has 4 nitrogen and oxygen atoms in total. The third kappa shape index (κ3) is 6.78. The lowest BCUT2D eigenvalue weighted by atomic mass is 10.1. The van der Waals surface area contributed by atoms with E-state index in [2.05, 4.69) is 18.3 Å². The second kappa shape index (κ2) is 8.51. The Bertz CT molecular complexity index is 216. The van der Waals surface area contributed by atoms with E-state index in [4.69, 9.17) is 14.7 Å². The van der Waals surface area contributed by atoms with Crippen LogP contribution in [0.25, 0.3) is 0 Å². The van der Waals surface area contributed by atoms with Gasteiger partial charge < -0.3 is 9.47 Å². The molecule has 0 spiro atoms. The Morgan fingerprint density at radius 3 is 2.62 bits per heavy atom. The largest absolute Gasteiger partial charge is 0.379 e. The van der Waals surface area contributed by atoms with Crippen molar-refractivity contribution in [3.8, 4) is 6.07 Å². The highest BCUT2D eigenvalue weighted by Crippen LogP contribution is 2.05. The Balaban J connectivity index is 3.89. The minimum atomic E-state index is -0.601. The molecule has 0 saturated carbocycles. The summed E-state index contributed by atoms with van der Waals surface area (Å²) in [5.74, 6) is 0. The molecule has 0 aliphatic carbocycles. The summed E-state index contributed by atoms with van der Waals surface area (Å²) in [5, 5.41) is 12.3. The zero-order valence-electron chi connectivity index (χ0n) is 10.9. The van der Waals surface area contributed by atoms with Crippen LogP contribution in [0.2, 0.25) is 0 Å². The van der Waals surface area contributed by atoms with Gasteiger partial charge in [-0.15, -0.1) is 0 Å². The Morgan fingerprint density at radius 2 is 2.12 bits per heavy atom. The summed E-state index contributed by atoms with van der Waals surface area (Å²) in [4.78, 5) is 0. The van der Waals surface area contributed by atoms with Crippen LogP contribution < -0.4 is 5.32 Å². The average molecular weight is 228 g/mol. The molecule has 0 aromatic carbocycles. The first kappa shape index (κ1) is 15.4. The van der Waals surface area contributed by atoms with Crippen molar-refractivity contribution in [3.05, 3.63) is 0 Å². The molecule has 2 atom stereocenters. The highest BCUT2D eigenvalue weighted by molar-refractivity contribution is 5.03. The lowest BCUT2D eigenvalue weighted by Gasteiger charge is -2.25. The molecule has 94 valence electrons. The number of rotatable bonds is 9. The summed E-state index contributed by atoms with van der Waals surface area (Å²) in [6.07, 6.45) is 1.03. The molecule has 0 fully saturated rings. The molecular weight excluding hydrogens is 204 g/mol. The lowest BCUT2D eigenvalue weighted by molar-refractivity contribution is -0.0177. The molecule has 0 aromatic rings. The van der Waals surface area contributed by atoms with Crippen molar-refractivity contribution in [3.63, 3.8) is 0 Å². The lowest BCUT2D eigenvalue weighted by Crippen LogP contribution is -2.46. The summed E-state index contributed by atoms with van der Waals surface area (Å²) in [6, 6.07) is 2.25. The molecule has 0 heterocycles. The fraction of sp³-hybridized carbons (Fsp3) is 0.917. The van der Waals surface area contributed by atoms with Crippen LogP contribution in [0.1, 0.15) is 34.1 Å². The summed E-state index contributed by atoms with van der Waals surface area (Å²) >= 11 is 0. The van der Waals surface area contributed by atoms with Crippen molar-refractivity contribution in [2.45, 2.75) is 45.8 Å². The summed E-state index contributed by atoms with van der Waals surface area (Å²) < 4.78 is 10.8. The SMILES string of the molecule is CCCNC(C)(C#N)COC(C)COCC. The van der Waals surface area contributed by atoms with Crippen LogP contribution in [-0.4, -0.2) is 38.0 Å². The fourth-order valence-electron chi connectivity index (χ4n) is 1.16. The first-order chi connectivity index (χ1) is 7.58. The standard InChI is InChI=1S/C12H24N2O2/c1-5-7-14-12(4,9-13)10-16-11(3)8-15-6-2/h11,14H,5-8,10H2,1-4H3. The number of ether oxygens (including phenoxy) is 2. The zero-order chi connectivity index (χ0) is 12.4. The minimum Gasteiger partial charge on any atom is -0.379 e. The van der Waals surface area contributed by atoms with Crippen LogP contribution >= 0.6 is 0 Å². The monoisotopic (exact) mass is 228 g/mol. The predicted molar refractivity (Wildman–Crippen MR) is 64.2 cm³/mol. The second-order valence-corrected chi connectivity index (χ2v) is 4.15. The van der Waals surface area contributed by atoms with Gasteiger partial charge in [-0.2, -0.15) is 5.26 Å². The molecule has 0 radical (unpaired) electrons. The molecule has 1 N–H and O–H groups in total. The molecule has 0 rings (SSSR count). The van der Waals surface area contributed by atoms with Crippen LogP contribution in [-0.2, 0) is 9.47 Å². The topological polar surface area (TPSA) is 54.3 Å². The maximum Gasteiger partial charge on any atom is 0.127 e. The van der Waals surface area contributed by atoms with E-state index >= 15 is 0 Å². The molecule has 0 aliphatic rings. The van der Waals surface area contributed by atoms with Gasteiger partial charge in [0.1, 0.15) is 5.54 Å². The Labute approximate surface area is 98.9 Å². The van der Waals surface area contributed by atoms with Gasteiger partial charge in [0.25, 0.3) is 0 Å². The summed E-state index contributed by atoms with van der Waals surface area (Å²) in [7, 11) is 0. The van der Waals surface area contributed by atoms with E-state index in [9.17, 15) is 0 Å². The normalized spacial score (nSPS) is 16.4. The minimum absolute atomic E-state index is 0.0241. The van der Waals surface area contributed by atoms with Gasteiger partial charge in [-0.25, -0.2) is 0 Å². The van der Waals surface area contributed by atoms with Crippen molar-refractivity contribution < 1.29 is 9.47 Å². The van der Waals surface area contributed by atoms with Gasteiger partial charge in [-0.3, -0.25) is 5.32 Å². The highest BCUT2D eigenvalue weighted by atomic mass is 16.5. The van der Waals surface area contributed by atoms with Crippen LogP contribution in [0.3, 0.4) is 0 Å². The number of nitrogens with one attached hydrogen (secondary N) is 1. The number of nitrogens with zero attached hydrogens (tertiary/aromatic N) is 1. The van der Waals surface area contributed by atoms with E-state index in [0.29, 0.717) is 19.8 Å². The molecule has 0 bridgehead atoms. The molecule has 0 aliphatic heterocycles. The molecular formula is C12H24N2O2. The third-order valence-electron chi connectivity index (χ3n) is 2.23. The van der Waals surface area contributed by atoms with E-state index in [0.717, 1.165) is 13.0 Å². The number of hydrogen-bond acceptors (Lipinski definition) is 4. The molecule has 0 saturated heterocycles. The molecule has 16 heavy (non-hydrogen) atoms. The number of nitriles is 1. The zero-order valence-corrected chi connectivity index (χ0v) is 10.9. The molecule has 2 unspecified atom stereocenters. The van der Waals surface area contributed by atoms with Crippen LogP contribution in [0.15, 0.2) is 0 Å². The maximum atomic E-state index is 9.08. The van der Waals surface area contributed by atoms with Gasteiger partial charge in [-0.05, 0) is 33.7 Å². The quantitative estimate of drug-likeness (QED) is 0.652. The van der Waals surface area contributed by atoms with E-state index in [1.807, 2.05) is 20.8 Å². The van der Waals surface area contributed by atoms with Crippen molar-refractivity contribution in [2.24, 2.45) is 0 Å². The van der Waals surface area contributed by atoms with Gasteiger partial charge in [0.2, 0.25) is 0 Å². The second-order valence-electron chi connectivity index (χ2n) is 4.15. The van der Waals surface area contributed by atoms with Crippen LogP contribution in [0, 0.1) is 11.3 Å². The first-order valence-corrected chi connectivity index (χ1v) is 5.93. The first-order valence-electron chi connectivity index (χ1n) is 5.93. The molecule has 0 aromatic heterocycles. The third-order valence-corrected chi connectivity index (χ3v) is 2.23. The van der Waals surface area contributed by atoms with Crippen molar-refractivity contribution in [1.82, 2.24) is 5.32 Å². The van der Waals surface area contributed by atoms with Crippen LogP contribution in [0.4, 0.5) is 0 Å². The van der Waals surface area contributed by atoms with Crippen molar-refractivity contribution in [2.75, 3.05) is 26.4 Å². The van der Waals surface area contributed by atoms with Crippen molar-refractivity contribution in [1.29, 1.82) is 5.26 Å². The van der Waals surface area contributed by atoms with Gasteiger partial charge >= 0.3 is 0 Å². The van der Waals surface area contributed by atoms with E-state index in [-0.39, 0.29) is 6.10 Å². The van der Waals surface area contributed by atoms with Crippen LogP contribution in [0.5, 0.6) is 0 Å². The smallest absolute Gasteiger partial charge is 0.127 e. The molecule has 0 amide bonds. The Morgan fingerprint density at radius 1 is 1.44 bits per heavy atom. The van der Waals surface area contributed by atoms with Gasteiger partial charge in [-0.1, -0.05) is 6.92 Å². The Hall–Kier alpha value is -0.630. The fourth-order valence-corrected chi connectivity index (χ4v) is 1.16. The average Bonchev–Trinajstić information content (AvgIpc) is 2.31. The van der Waals surface area contributed by atoms with E-state index in [1.165, 1.54) is 0 Å². The summed E-state index contributed by atoms with van der Waals surface area (Å²) in [6.45, 7) is 10.3. The highest BCUT2D eigenvalue weighted by Gasteiger charge is 2.23. The van der Waals surface area contributed by atoms with E-state index < -0.39 is 5.54 Å². The van der Waals surface area contributed by atoms with Gasteiger partial charge in [0.05, 0.1) is 25.4 Å². The Kier molecular flexibility index (Phi) is 8.18. The maximum absolute atomic E-state index is 9.08. The number of hydrogen-bond donors (Lipinski definition) is 1. The van der Waals surface area contributed by atoms with Gasteiger partial charge in [0, 0.05) is 6.61 Å². The summed E-state index contributed by atoms with van der Waals surface area (Å²) in [5.41, 5.74) is -0.601. The predicted octanol–water partition coefficient (Wildman–Crippen LogP) is 1.71. The van der Waals surface area contributed by atoms with Crippen molar-refractivity contribution >= 4 is 0 Å².